The molecule has 4 rings (SSSR count). The van der Waals surface area contributed by atoms with Gasteiger partial charge < -0.3 is 14.4 Å². The Morgan fingerprint density at radius 2 is 2.12 bits per heavy atom. The lowest BCUT2D eigenvalue weighted by molar-refractivity contribution is -0.0507. The van der Waals surface area contributed by atoms with Crippen LogP contribution in [0.25, 0.3) is 11.0 Å². The average molecular weight is 448 g/mol. The van der Waals surface area contributed by atoms with Crippen molar-refractivity contribution in [2.45, 2.75) is 25.2 Å². The van der Waals surface area contributed by atoms with E-state index in [1.807, 2.05) is 0 Å². The Labute approximate surface area is 159 Å². The van der Waals surface area contributed by atoms with Gasteiger partial charge in [-0.1, -0.05) is 17.7 Å². The molecule has 1 aliphatic rings. The first-order chi connectivity index (χ1) is 12.4. The minimum atomic E-state index is -3.01. The Morgan fingerprint density at radius 1 is 1.35 bits per heavy atom. The average Bonchev–Trinajstić information content (AvgIpc) is 3.06. The number of hydrogen-bond acceptors (Lipinski definition) is 3. The first-order valence-corrected chi connectivity index (χ1v) is 8.82. The Bertz CT molecular complexity index is 1010. The SMILES string of the molecule is O[C@@H]1C[C@H](c2c(Cl)cccc2OC(F)F)n2c1nc1cc(F)c(Br)cc12. The highest BCUT2D eigenvalue weighted by Crippen LogP contribution is 2.46. The molecule has 0 bridgehead atoms. The standard InChI is InChI=1S/C17H11BrClF3N2O2/c18-7-4-11-10(5-9(7)20)23-16-13(25)6-12(24(11)16)15-8(19)2-1-3-14(15)26-17(21)22/h1-5,12-13,17,25H,6H2/t12-,13-/m1/s1. The lowest BCUT2D eigenvalue weighted by Gasteiger charge is -2.20. The second-order valence-corrected chi connectivity index (χ2v) is 7.15. The van der Waals surface area contributed by atoms with Gasteiger partial charge in [0, 0.05) is 23.1 Å². The maximum atomic E-state index is 13.8. The summed E-state index contributed by atoms with van der Waals surface area (Å²) >= 11 is 9.41. The highest BCUT2D eigenvalue weighted by atomic mass is 79.9. The van der Waals surface area contributed by atoms with E-state index in [4.69, 9.17) is 11.6 Å². The molecular weight excluding hydrogens is 437 g/mol. The molecule has 4 nitrogen and oxygen atoms in total. The minimum absolute atomic E-state index is 0.0689. The van der Waals surface area contributed by atoms with Gasteiger partial charge in [0.25, 0.3) is 0 Å². The second kappa shape index (κ2) is 6.44. The second-order valence-electron chi connectivity index (χ2n) is 5.89. The molecule has 0 saturated carbocycles. The fourth-order valence-corrected chi connectivity index (χ4v) is 4.00. The van der Waals surface area contributed by atoms with E-state index in [0.717, 1.165) is 0 Å². The number of halogens is 5. The smallest absolute Gasteiger partial charge is 0.387 e. The van der Waals surface area contributed by atoms with Crippen LogP contribution in [0.2, 0.25) is 5.02 Å². The van der Waals surface area contributed by atoms with Gasteiger partial charge in [-0.15, -0.1) is 0 Å². The van der Waals surface area contributed by atoms with Gasteiger partial charge in [0.2, 0.25) is 0 Å². The summed E-state index contributed by atoms with van der Waals surface area (Å²) in [5.41, 5.74) is 1.23. The normalized spacial score (nSPS) is 19.3. The maximum absolute atomic E-state index is 13.8. The van der Waals surface area contributed by atoms with Crippen molar-refractivity contribution in [1.82, 2.24) is 9.55 Å². The van der Waals surface area contributed by atoms with Gasteiger partial charge in [-0.05, 0) is 34.1 Å². The quantitative estimate of drug-likeness (QED) is 0.599. The molecule has 0 saturated heterocycles. The van der Waals surface area contributed by atoms with Crippen molar-refractivity contribution in [3.63, 3.8) is 0 Å². The van der Waals surface area contributed by atoms with Crippen LogP contribution < -0.4 is 4.74 Å². The maximum Gasteiger partial charge on any atom is 0.387 e. The lowest BCUT2D eigenvalue weighted by Crippen LogP contribution is -2.11. The molecule has 0 aliphatic carbocycles. The molecule has 3 aromatic rings. The molecule has 26 heavy (non-hydrogen) atoms. The first kappa shape index (κ1) is 17.6. The van der Waals surface area contributed by atoms with Gasteiger partial charge in [-0.25, -0.2) is 9.37 Å². The highest BCUT2D eigenvalue weighted by molar-refractivity contribution is 9.10. The van der Waals surface area contributed by atoms with Gasteiger partial charge in [0.1, 0.15) is 23.5 Å². The van der Waals surface area contributed by atoms with Crippen molar-refractivity contribution in [3.8, 4) is 5.75 Å². The van der Waals surface area contributed by atoms with E-state index in [1.54, 1.807) is 10.6 Å². The molecular formula is C17H11BrClF3N2O2. The number of benzene rings is 2. The number of aromatic nitrogens is 2. The molecule has 2 heterocycles. The third-order valence-electron chi connectivity index (χ3n) is 4.38. The lowest BCUT2D eigenvalue weighted by atomic mass is 10.0. The van der Waals surface area contributed by atoms with Crippen molar-refractivity contribution in [3.05, 3.63) is 57.0 Å². The number of imidazole rings is 1. The van der Waals surface area contributed by atoms with Gasteiger partial charge in [-0.3, -0.25) is 0 Å². The van der Waals surface area contributed by atoms with Crippen LogP contribution in [-0.4, -0.2) is 21.3 Å². The van der Waals surface area contributed by atoms with E-state index in [0.29, 0.717) is 22.4 Å². The minimum Gasteiger partial charge on any atom is -0.434 e. The number of aliphatic hydroxyl groups excluding tert-OH is 1. The molecule has 0 radical (unpaired) electrons. The molecule has 1 aliphatic heterocycles. The summed E-state index contributed by atoms with van der Waals surface area (Å²) in [6.07, 6.45) is -0.749. The fraction of sp³-hybridized carbons (Fsp3) is 0.235. The van der Waals surface area contributed by atoms with Crippen LogP contribution in [0.15, 0.2) is 34.8 Å². The largest absolute Gasteiger partial charge is 0.434 e. The van der Waals surface area contributed by atoms with E-state index >= 15 is 0 Å². The van der Waals surface area contributed by atoms with Crippen LogP contribution in [0.1, 0.15) is 30.0 Å². The molecule has 2 atom stereocenters. The van der Waals surface area contributed by atoms with Crippen molar-refractivity contribution in [2.24, 2.45) is 0 Å². The van der Waals surface area contributed by atoms with Crippen LogP contribution >= 0.6 is 27.5 Å². The van der Waals surface area contributed by atoms with Crippen LogP contribution in [0, 0.1) is 5.82 Å². The van der Waals surface area contributed by atoms with Gasteiger partial charge in [-0.2, -0.15) is 8.78 Å². The van der Waals surface area contributed by atoms with E-state index in [-0.39, 0.29) is 21.7 Å². The van der Waals surface area contributed by atoms with Crippen molar-refractivity contribution < 1.29 is 23.0 Å². The molecule has 1 aromatic heterocycles. The predicted molar refractivity (Wildman–Crippen MR) is 93.2 cm³/mol. The summed E-state index contributed by atoms with van der Waals surface area (Å²) in [6, 6.07) is 6.67. The zero-order chi connectivity index (χ0) is 18.6. The summed E-state index contributed by atoms with van der Waals surface area (Å²) in [4.78, 5) is 4.29. The molecule has 2 aromatic carbocycles. The number of nitrogens with zero attached hydrogens (tertiary/aromatic N) is 2. The summed E-state index contributed by atoms with van der Waals surface area (Å²) in [5, 5.41) is 10.6. The molecule has 9 heteroatoms. The summed E-state index contributed by atoms with van der Waals surface area (Å²) in [7, 11) is 0. The van der Waals surface area contributed by atoms with Crippen LogP contribution in [-0.2, 0) is 0 Å². The number of alkyl halides is 2. The zero-order valence-electron chi connectivity index (χ0n) is 13.0. The van der Waals surface area contributed by atoms with E-state index in [2.05, 4.69) is 25.7 Å². The number of aliphatic hydroxyl groups is 1. The molecule has 0 fully saturated rings. The van der Waals surface area contributed by atoms with Crippen molar-refractivity contribution in [2.75, 3.05) is 0 Å². The summed E-state index contributed by atoms with van der Waals surface area (Å²) in [6.45, 7) is -3.01. The Kier molecular flexibility index (Phi) is 4.37. The molecule has 136 valence electrons. The number of fused-ring (bicyclic) bond motifs is 3. The molecule has 0 spiro atoms. The van der Waals surface area contributed by atoms with Crippen LogP contribution in [0.3, 0.4) is 0 Å². The van der Waals surface area contributed by atoms with E-state index < -0.39 is 24.6 Å². The van der Waals surface area contributed by atoms with Gasteiger partial charge in [0.05, 0.1) is 21.5 Å². The molecule has 0 amide bonds. The fourth-order valence-electron chi connectivity index (χ4n) is 3.38. The molecule has 1 N–H and O–H groups in total. The zero-order valence-corrected chi connectivity index (χ0v) is 15.3. The summed E-state index contributed by atoms with van der Waals surface area (Å²) in [5.74, 6) is -0.231. The van der Waals surface area contributed by atoms with Crippen LogP contribution in [0.5, 0.6) is 5.75 Å². The monoisotopic (exact) mass is 446 g/mol. The molecule has 0 unspecified atom stereocenters. The number of ether oxygens (including phenoxy) is 1. The third-order valence-corrected chi connectivity index (χ3v) is 5.31. The Balaban J connectivity index is 1.94. The Morgan fingerprint density at radius 3 is 2.85 bits per heavy atom. The van der Waals surface area contributed by atoms with Crippen molar-refractivity contribution in [1.29, 1.82) is 0 Å². The Hall–Kier alpha value is -1.77. The highest BCUT2D eigenvalue weighted by Gasteiger charge is 2.37. The van der Waals surface area contributed by atoms with E-state index in [9.17, 15) is 18.3 Å². The van der Waals surface area contributed by atoms with Crippen molar-refractivity contribution >= 4 is 38.6 Å². The third kappa shape index (κ3) is 2.76. The topological polar surface area (TPSA) is 47.3 Å². The first-order valence-electron chi connectivity index (χ1n) is 7.65. The van der Waals surface area contributed by atoms with E-state index in [1.165, 1.54) is 24.3 Å². The number of rotatable bonds is 3. The predicted octanol–water partition coefficient (Wildman–Crippen LogP) is 5.22. The van der Waals surface area contributed by atoms with Gasteiger partial charge >= 0.3 is 6.61 Å². The summed E-state index contributed by atoms with van der Waals surface area (Å²) < 4.78 is 46.0. The van der Waals surface area contributed by atoms with Crippen LogP contribution in [0.4, 0.5) is 13.2 Å². The number of hydrogen-bond donors (Lipinski definition) is 1. The van der Waals surface area contributed by atoms with Gasteiger partial charge in [0.15, 0.2) is 0 Å².